The van der Waals surface area contributed by atoms with E-state index >= 15 is 0 Å². The van der Waals surface area contributed by atoms with Crippen molar-refractivity contribution < 1.29 is 4.79 Å². The van der Waals surface area contributed by atoms with Crippen molar-refractivity contribution in [3.8, 4) is 0 Å². The first-order valence-electron chi connectivity index (χ1n) is 6.59. The number of halogens is 1. The summed E-state index contributed by atoms with van der Waals surface area (Å²) in [5.41, 5.74) is 5.94. The molecule has 0 aliphatic rings. The number of nitrogens with two attached hydrogens (primary N) is 1. The van der Waals surface area contributed by atoms with Crippen LogP contribution in [0.5, 0.6) is 0 Å². The van der Waals surface area contributed by atoms with Crippen LogP contribution in [0.1, 0.15) is 22.4 Å². The van der Waals surface area contributed by atoms with Gasteiger partial charge in [-0.2, -0.15) is 5.10 Å². The second-order valence-electron chi connectivity index (χ2n) is 4.71. The smallest absolute Gasteiger partial charge is 0.270 e. The van der Waals surface area contributed by atoms with Crippen molar-refractivity contribution in [2.45, 2.75) is 19.9 Å². The highest BCUT2D eigenvalue weighted by molar-refractivity contribution is 7.09. The lowest BCUT2D eigenvalue weighted by atomic mass is 10.2. The Morgan fingerprint density at radius 1 is 1.57 bits per heavy atom. The summed E-state index contributed by atoms with van der Waals surface area (Å²) in [4.78, 5) is 16.2. The largest absolute Gasteiger partial charge is 0.350 e. The molecular formula is C13H20ClN5OS. The van der Waals surface area contributed by atoms with E-state index in [9.17, 15) is 4.79 Å². The van der Waals surface area contributed by atoms with Gasteiger partial charge >= 0.3 is 0 Å². The fourth-order valence-electron chi connectivity index (χ4n) is 1.80. The predicted octanol–water partition coefficient (Wildman–Crippen LogP) is 1.33. The Morgan fingerprint density at radius 3 is 3.05 bits per heavy atom. The van der Waals surface area contributed by atoms with Gasteiger partial charge in [0.25, 0.3) is 5.91 Å². The van der Waals surface area contributed by atoms with E-state index < -0.39 is 0 Å². The van der Waals surface area contributed by atoms with Gasteiger partial charge < -0.3 is 11.1 Å². The fourth-order valence-corrected chi connectivity index (χ4v) is 2.60. The molecule has 0 saturated heterocycles. The highest BCUT2D eigenvalue weighted by atomic mass is 35.5. The highest BCUT2D eigenvalue weighted by Crippen LogP contribution is 2.10. The van der Waals surface area contributed by atoms with E-state index in [4.69, 9.17) is 5.73 Å². The summed E-state index contributed by atoms with van der Waals surface area (Å²) in [6.45, 7) is 4.00. The summed E-state index contributed by atoms with van der Waals surface area (Å²) in [6.07, 6.45) is 4.38. The normalized spacial score (nSPS) is 11.7. The molecule has 0 bridgehead atoms. The SMILES string of the molecule is CC(CNC(=O)c1csc(CCN)n1)Cn1cccn1.Cl. The van der Waals surface area contributed by atoms with Crippen LogP contribution >= 0.6 is 23.7 Å². The third-order valence-corrected chi connectivity index (χ3v) is 3.72. The van der Waals surface area contributed by atoms with Crippen LogP contribution in [0.25, 0.3) is 0 Å². The first-order chi connectivity index (χ1) is 9.69. The number of nitrogens with one attached hydrogen (secondary N) is 1. The molecule has 0 radical (unpaired) electrons. The number of carbonyl (C=O) groups is 1. The number of rotatable bonds is 7. The van der Waals surface area contributed by atoms with Crippen molar-refractivity contribution >= 4 is 29.7 Å². The number of carbonyl (C=O) groups excluding carboxylic acids is 1. The number of nitrogens with zero attached hydrogens (tertiary/aromatic N) is 3. The van der Waals surface area contributed by atoms with E-state index in [2.05, 4.69) is 22.3 Å². The van der Waals surface area contributed by atoms with Crippen LogP contribution in [0.3, 0.4) is 0 Å². The van der Waals surface area contributed by atoms with Crippen LogP contribution in [0.15, 0.2) is 23.8 Å². The second kappa shape index (κ2) is 8.76. The Hall–Kier alpha value is -1.44. The molecule has 21 heavy (non-hydrogen) atoms. The van der Waals surface area contributed by atoms with Crippen LogP contribution < -0.4 is 11.1 Å². The van der Waals surface area contributed by atoms with Gasteiger partial charge in [-0.3, -0.25) is 9.48 Å². The molecule has 1 amide bonds. The van der Waals surface area contributed by atoms with Crippen LogP contribution in [0.4, 0.5) is 0 Å². The first kappa shape index (κ1) is 17.6. The molecule has 2 aromatic rings. The Kier molecular flexibility index (Phi) is 7.35. The Morgan fingerprint density at radius 2 is 2.38 bits per heavy atom. The molecule has 1 atom stereocenters. The molecule has 0 spiro atoms. The van der Waals surface area contributed by atoms with Gasteiger partial charge in [-0.1, -0.05) is 6.92 Å². The quantitative estimate of drug-likeness (QED) is 0.802. The topological polar surface area (TPSA) is 85.8 Å². The molecule has 0 aliphatic heterocycles. The van der Waals surface area contributed by atoms with Gasteiger partial charge in [0.15, 0.2) is 0 Å². The zero-order chi connectivity index (χ0) is 14.4. The minimum Gasteiger partial charge on any atom is -0.350 e. The lowest BCUT2D eigenvalue weighted by Gasteiger charge is -2.12. The average molecular weight is 330 g/mol. The van der Waals surface area contributed by atoms with Gasteiger partial charge in [-0.15, -0.1) is 23.7 Å². The predicted molar refractivity (Wildman–Crippen MR) is 85.8 cm³/mol. The molecule has 3 N–H and O–H groups in total. The van der Waals surface area contributed by atoms with Crippen molar-refractivity contribution in [1.29, 1.82) is 0 Å². The van der Waals surface area contributed by atoms with Gasteiger partial charge in [0.05, 0.1) is 5.01 Å². The van der Waals surface area contributed by atoms with Crippen molar-refractivity contribution in [3.05, 3.63) is 34.5 Å². The number of aromatic nitrogens is 3. The van der Waals surface area contributed by atoms with Gasteiger partial charge in [0.1, 0.15) is 5.69 Å². The Labute approximate surface area is 134 Å². The number of thiazole rings is 1. The number of hydrogen-bond donors (Lipinski definition) is 2. The minimum absolute atomic E-state index is 0. The molecule has 0 aromatic carbocycles. The molecule has 8 heteroatoms. The maximum atomic E-state index is 11.9. The molecule has 0 saturated carbocycles. The van der Waals surface area contributed by atoms with Gasteiger partial charge in [-0.25, -0.2) is 4.98 Å². The molecule has 2 rings (SSSR count). The lowest BCUT2D eigenvalue weighted by Crippen LogP contribution is -2.30. The van der Waals surface area contributed by atoms with Crippen LogP contribution in [0.2, 0.25) is 0 Å². The standard InChI is InChI=1S/C13H19N5OS.ClH/c1-10(8-18-6-2-5-16-18)7-15-13(19)11-9-20-12(17-11)3-4-14;/h2,5-6,9-10H,3-4,7-8,14H2,1H3,(H,15,19);1H. The van der Waals surface area contributed by atoms with Crippen molar-refractivity contribution in [1.82, 2.24) is 20.1 Å². The van der Waals surface area contributed by atoms with Crippen molar-refractivity contribution in [3.63, 3.8) is 0 Å². The van der Waals surface area contributed by atoms with Gasteiger partial charge in [-0.05, 0) is 18.5 Å². The summed E-state index contributed by atoms with van der Waals surface area (Å²) in [7, 11) is 0. The van der Waals surface area contributed by atoms with Gasteiger partial charge in [0.2, 0.25) is 0 Å². The minimum atomic E-state index is -0.128. The lowest BCUT2D eigenvalue weighted by molar-refractivity contribution is 0.0942. The van der Waals surface area contributed by atoms with Crippen molar-refractivity contribution in [2.24, 2.45) is 11.7 Å². The van der Waals surface area contributed by atoms with E-state index in [0.717, 1.165) is 11.6 Å². The fraction of sp³-hybridized carbons (Fsp3) is 0.462. The second-order valence-corrected chi connectivity index (χ2v) is 5.65. The molecule has 2 aromatic heterocycles. The van der Waals surface area contributed by atoms with Crippen LogP contribution in [-0.2, 0) is 13.0 Å². The monoisotopic (exact) mass is 329 g/mol. The Bertz CT molecular complexity index is 543. The maximum absolute atomic E-state index is 11.9. The molecule has 0 fully saturated rings. The van der Waals surface area contributed by atoms with Gasteiger partial charge in [0, 0.05) is 37.3 Å². The summed E-state index contributed by atoms with van der Waals surface area (Å²) < 4.78 is 1.86. The van der Waals surface area contributed by atoms with E-state index in [1.807, 2.05) is 16.9 Å². The molecule has 0 aliphatic carbocycles. The Balaban J connectivity index is 0.00000220. The third-order valence-electron chi connectivity index (χ3n) is 2.81. The van der Waals surface area contributed by atoms with E-state index in [0.29, 0.717) is 31.1 Å². The zero-order valence-electron chi connectivity index (χ0n) is 11.9. The van der Waals surface area contributed by atoms with E-state index in [-0.39, 0.29) is 18.3 Å². The van der Waals surface area contributed by atoms with Crippen molar-refractivity contribution in [2.75, 3.05) is 13.1 Å². The summed E-state index contributed by atoms with van der Waals surface area (Å²) in [5.74, 6) is 0.179. The third kappa shape index (κ3) is 5.45. The molecule has 1 unspecified atom stereocenters. The molecule has 2 heterocycles. The van der Waals surface area contributed by atoms with E-state index in [1.54, 1.807) is 11.6 Å². The average Bonchev–Trinajstić information content (AvgIpc) is 3.08. The number of hydrogen-bond acceptors (Lipinski definition) is 5. The molecular weight excluding hydrogens is 310 g/mol. The maximum Gasteiger partial charge on any atom is 0.270 e. The van der Waals surface area contributed by atoms with E-state index in [1.165, 1.54) is 11.3 Å². The molecule has 116 valence electrons. The van der Waals surface area contributed by atoms with Crippen LogP contribution in [0, 0.1) is 5.92 Å². The summed E-state index contributed by atoms with van der Waals surface area (Å²) in [5, 5.41) is 9.73. The van der Waals surface area contributed by atoms with Crippen LogP contribution in [-0.4, -0.2) is 33.8 Å². The summed E-state index contributed by atoms with van der Waals surface area (Å²) in [6, 6.07) is 1.89. The summed E-state index contributed by atoms with van der Waals surface area (Å²) >= 11 is 1.47. The first-order valence-corrected chi connectivity index (χ1v) is 7.47. The zero-order valence-corrected chi connectivity index (χ0v) is 13.5. The molecule has 6 nitrogen and oxygen atoms in total. The highest BCUT2D eigenvalue weighted by Gasteiger charge is 2.12. The number of amides is 1.